The van der Waals surface area contributed by atoms with Crippen LogP contribution in [0.25, 0.3) is 0 Å². The minimum Gasteiger partial charge on any atom is -0.384 e. The summed E-state index contributed by atoms with van der Waals surface area (Å²) in [7, 11) is 0. The van der Waals surface area contributed by atoms with Gasteiger partial charge < -0.3 is 21.7 Å². The Morgan fingerprint density at radius 1 is 1.25 bits per heavy atom. The predicted octanol–water partition coefficient (Wildman–Crippen LogP) is -1.60. The molecule has 0 aliphatic carbocycles. The van der Waals surface area contributed by atoms with E-state index in [0.717, 1.165) is 5.82 Å². The molecule has 2 aliphatic rings. The van der Waals surface area contributed by atoms with Crippen LogP contribution in [0.5, 0.6) is 0 Å². The Hall–Kier alpha value is -1.82. The van der Waals surface area contributed by atoms with E-state index in [1.165, 1.54) is 5.01 Å². The molecule has 0 aromatic rings. The molecule has 6 nitrogen and oxygen atoms in total. The van der Waals surface area contributed by atoms with E-state index in [1.807, 2.05) is 0 Å². The summed E-state index contributed by atoms with van der Waals surface area (Å²) < 4.78 is 0. The number of nitrogens with two attached hydrogens (primary N) is 3. The predicted molar refractivity (Wildman–Crippen MR) is 43.6 cm³/mol. The monoisotopic (exact) mass is 166 g/mol. The summed E-state index contributed by atoms with van der Waals surface area (Å²) in [4.78, 5) is 1.75. The molecule has 2 aliphatic heterocycles. The maximum atomic E-state index is 5.60. The lowest BCUT2D eigenvalue weighted by molar-refractivity contribution is 0.389. The Bertz CT molecular complexity index is 301. The van der Waals surface area contributed by atoms with Crippen molar-refractivity contribution < 1.29 is 0 Å². The van der Waals surface area contributed by atoms with E-state index in [4.69, 9.17) is 17.3 Å². The summed E-state index contributed by atoms with van der Waals surface area (Å²) in [6.07, 6.45) is 5.08. The van der Waals surface area contributed by atoms with Crippen molar-refractivity contribution in [2.45, 2.75) is 0 Å². The van der Waals surface area contributed by atoms with Crippen molar-refractivity contribution in [1.29, 1.82) is 0 Å². The molecule has 12 heavy (non-hydrogen) atoms. The fourth-order valence-electron chi connectivity index (χ4n) is 1.11. The van der Waals surface area contributed by atoms with E-state index in [2.05, 4.69) is 5.32 Å². The molecule has 0 atom stereocenters. The topological polar surface area (TPSA) is 96.6 Å². The number of rotatable bonds is 0. The number of hydrazine groups is 1. The highest BCUT2D eigenvalue weighted by atomic mass is 15.6. The molecule has 7 N–H and O–H groups in total. The minimum atomic E-state index is 0.481. The normalized spacial score (nSPS) is 20.9. The molecule has 2 heterocycles. The maximum absolute atomic E-state index is 5.60. The zero-order valence-electron chi connectivity index (χ0n) is 6.36. The molecular weight excluding hydrogens is 156 g/mol. The summed E-state index contributed by atoms with van der Waals surface area (Å²) in [5.74, 6) is 7.38. The molecule has 0 radical (unpaired) electrons. The molecule has 0 spiro atoms. The zero-order valence-corrected chi connectivity index (χ0v) is 6.36. The number of hydrogen-bond acceptors (Lipinski definition) is 6. The highest BCUT2D eigenvalue weighted by molar-refractivity contribution is 5.25. The molecule has 0 aromatic carbocycles. The van der Waals surface area contributed by atoms with Gasteiger partial charge in [0.15, 0.2) is 0 Å². The van der Waals surface area contributed by atoms with Crippen molar-refractivity contribution in [1.82, 2.24) is 15.2 Å². The molecule has 6 heteroatoms. The number of nitrogens with one attached hydrogen (secondary N) is 1. The fourth-order valence-corrected chi connectivity index (χ4v) is 1.11. The highest BCUT2D eigenvalue weighted by Gasteiger charge is 2.23. The van der Waals surface area contributed by atoms with Crippen molar-refractivity contribution in [2.24, 2.45) is 17.3 Å². The first-order valence-electron chi connectivity index (χ1n) is 3.43. The van der Waals surface area contributed by atoms with Crippen LogP contribution in [0, 0.1) is 0 Å². The van der Waals surface area contributed by atoms with E-state index < -0.39 is 0 Å². The molecule has 0 saturated heterocycles. The summed E-state index contributed by atoms with van der Waals surface area (Å²) in [6.45, 7) is 0. The number of fused-ring (bicyclic) bond motifs is 1. The van der Waals surface area contributed by atoms with E-state index >= 15 is 0 Å². The van der Waals surface area contributed by atoms with Crippen LogP contribution in [0.2, 0.25) is 0 Å². The van der Waals surface area contributed by atoms with Gasteiger partial charge in [0.25, 0.3) is 0 Å². The van der Waals surface area contributed by atoms with Crippen molar-refractivity contribution in [3.8, 4) is 0 Å². The van der Waals surface area contributed by atoms with Gasteiger partial charge in [0.05, 0.1) is 12.4 Å². The Kier molecular flexibility index (Phi) is 1.19. The molecule has 0 fully saturated rings. The van der Waals surface area contributed by atoms with E-state index in [0.29, 0.717) is 11.6 Å². The highest BCUT2D eigenvalue weighted by Crippen LogP contribution is 2.21. The third kappa shape index (κ3) is 0.785. The van der Waals surface area contributed by atoms with E-state index in [1.54, 1.807) is 23.5 Å². The second kappa shape index (κ2) is 2.08. The van der Waals surface area contributed by atoms with Crippen LogP contribution in [0.15, 0.2) is 36.1 Å². The molecule has 0 amide bonds. The molecular formula is C6H10N6. The van der Waals surface area contributed by atoms with Gasteiger partial charge in [-0.05, 0) is 0 Å². The second-order valence-corrected chi connectivity index (χ2v) is 2.56. The van der Waals surface area contributed by atoms with Crippen LogP contribution < -0.4 is 22.6 Å². The number of hydrogen-bond donors (Lipinski definition) is 4. The van der Waals surface area contributed by atoms with Gasteiger partial charge >= 0.3 is 0 Å². The lowest BCUT2D eigenvalue weighted by atomic mass is 10.5. The second-order valence-electron chi connectivity index (χ2n) is 2.56. The van der Waals surface area contributed by atoms with Crippen LogP contribution in [0.1, 0.15) is 0 Å². The van der Waals surface area contributed by atoms with Crippen LogP contribution in [-0.2, 0) is 0 Å². The number of nitrogens with zero attached hydrogens (tertiary/aromatic N) is 2. The minimum absolute atomic E-state index is 0.481. The molecule has 0 saturated carbocycles. The Morgan fingerprint density at radius 3 is 2.75 bits per heavy atom. The van der Waals surface area contributed by atoms with Gasteiger partial charge in [0.2, 0.25) is 0 Å². The van der Waals surface area contributed by atoms with Gasteiger partial charge in [-0.15, -0.1) is 0 Å². The van der Waals surface area contributed by atoms with Gasteiger partial charge in [0.1, 0.15) is 17.5 Å². The fraction of sp³-hybridized carbons (Fsp3) is 0. The van der Waals surface area contributed by atoms with Crippen molar-refractivity contribution in [3.63, 3.8) is 0 Å². The standard InChI is InChI=1S/C6H10N6/c7-4-2-11-3-5(8)12(9)6(11)1-10-4/h1-3,10H,7-9H2. The van der Waals surface area contributed by atoms with Crippen LogP contribution in [-0.4, -0.2) is 9.91 Å². The van der Waals surface area contributed by atoms with Crippen molar-refractivity contribution in [2.75, 3.05) is 0 Å². The largest absolute Gasteiger partial charge is 0.384 e. The average Bonchev–Trinajstić information content (AvgIpc) is 2.28. The first kappa shape index (κ1) is 6.86. The van der Waals surface area contributed by atoms with E-state index in [9.17, 15) is 0 Å². The van der Waals surface area contributed by atoms with Gasteiger partial charge in [-0.2, -0.15) is 0 Å². The summed E-state index contributed by atoms with van der Waals surface area (Å²) >= 11 is 0. The Labute approximate surface area is 69.5 Å². The summed E-state index contributed by atoms with van der Waals surface area (Å²) in [5.41, 5.74) is 11.1. The first-order chi connectivity index (χ1) is 5.68. The third-order valence-electron chi connectivity index (χ3n) is 1.71. The van der Waals surface area contributed by atoms with Crippen LogP contribution in [0.4, 0.5) is 0 Å². The molecule has 2 rings (SSSR count). The molecule has 64 valence electrons. The van der Waals surface area contributed by atoms with Gasteiger partial charge in [-0.25, -0.2) is 10.9 Å². The van der Waals surface area contributed by atoms with Gasteiger partial charge in [-0.1, -0.05) is 0 Å². The lowest BCUT2D eigenvalue weighted by Crippen LogP contribution is -2.35. The Balaban J connectivity index is 2.34. The molecule has 0 unspecified atom stereocenters. The molecule has 0 aromatic heterocycles. The Morgan fingerprint density at radius 2 is 2.00 bits per heavy atom. The first-order valence-corrected chi connectivity index (χ1v) is 3.43. The smallest absolute Gasteiger partial charge is 0.149 e. The van der Waals surface area contributed by atoms with Crippen LogP contribution >= 0.6 is 0 Å². The van der Waals surface area contributed by atoms with Crippen LogP contribution in [0.3, 0.4) is 0 Å². The third-order valence-corrected chi connectivity index (χ3v) is 1.71. The van der Waals surface area contributed by atoms with Gasteiger partial charge in [0, 0.05) is 6.20 Å². The van der Waals surface area contributed by atoms with E-state index in [-0.39, 0.29) is 0 Å². The maximum Gasteiger partial charge on any atom is 0.149 e. The summed E-state index contributed by atoms with van der Waals surface area (Å²) in [5, 5.41) is 4.20. The van der Waals surface area contributed by atoms with Gasteiger partial charge in [-0.3, -0.25) is 0 Å². The lowest BCUT2D eigenvalue weighted by Gasteiger charge is -2.22. The quantitative estimate of drug-likeness (QED) is 0.323. The summed E-state index contributed by atoms with van der Waals surface area (Å²) in [6, 6.07) is 0. The van der Waals surface area contributed by atoms with Crippen molar-refractivity contribution in [3.05, 3.63) is 36.1 Å². The van der Waals surface area contributed by atoms with Crippen molar-refractivity contribution >= 4 is 0 Å². The molecule has 0 bridgehead atoms. The zero-order chi connectivity index (χ0) is 8.72. The SMILES string of the molecule is NC1=CN2C=C(N)N(N)C2=CN1. The average molecular weight is 166 g/mol.